The highest BCUT2D eigenvalue weighted by atomic mass is 32.1. The predicted octanol–water partition coefficient (Wildman–Crippen LogP) is 3.31. The first-order valence-electron chi connectivity index (χ1n) is 3.88. The molecule has 2 rings (SSSR count). The quantitative estimate of drug-likeness (QED) is 0.562. The summed E-state index contributed by atoms with van der Waals surface area (Å²) in [7, 11) is 0. The minimum atomic E-state index is 0.694. The lowest BCUT2D eigenvalue weighted by Crippen LogP contribution is -1.80. The standard InChI is InChI=1S/C10H8OS2/c1-6-5-13-9-3-7(4-11)2-8(12)10(6)9/h2-5,12H,1H3. The number of benzene rings is 1. The molecule has 0 unspecified atom stereocenters. The molecule has 1 aromatic heterocycles. The van der Waals surface area contributed by atoms with Gasteiger partial charge in [-0.1, -0.05) is 0 Å². The van der Waals surface area contributed by atoms with E-state index < -0.39 is 0 Å². The number of hydrogen-bond donors (Lipinski definition) is 1. The van der Waals surface area contributed by atoms with E-state index in [-0.39, 0.29) is 0 Å². The van der Waals surface area contributed by atoms with Gasteiger partial charge < -0.3 is 0 Å². The summed E-state index contributed by atoms with van der Waals surface area (Å²) in [5.74, 6) is 0. The molecule has 1 aromatic carbocycles. The van der Waals surface area contributed by atoms with Crippen LogP contribution in [0.3, 0.4) is 0 Å². The molecule has 66 valence electrons. The SMILES string of the molecule is Cc1csc2cc(C=O)cc(S)c12. The van der Waals surface area contributed by atoms with Gasteiger partial charge in [0.25, 0.3) is 0 Å². The highest BCUT2D eigenvalue weighted by Gasteiger charge is 2.05. The van der Waals surface area contributed by atoms with Crippen molar-refractivity contribution in [2.45, 2.75) is 11.8 Å². The van der Waals surface area contributed by atoms with Gasteiger partial charge in [0, 0.05) is 20.5 Å². The molecular weight excluding hydrogens is 200 g/mol. The molecule has 0 aliphatic heterocycles. The average molecular weight is 208 g/mol. The highest BCUT2D eigenvalue weighted by Crippen LogP contribution is 2.31. The van der Waals surface area contributed by atoms with Gasteiger partial charge in [-0.3, -0.25) is 4.79 Å². The molecule has 2 aromatic rings. The fourth-order valence-corrected chi connectivity index (χ4v) is 2.93. The molecule has 0 aliphatic rings. The molecule has 0 bridgehead atoms. The van der Waals surface area contributed by atoms with E-state index in [1.54, 1.807) is 17.4 Å². The van der Waals surface area contributed by atoms with Gasteiger partial charge in [0.15, 0.2) is 0 Å². The first-order chi connectivity index (χ1) is 6.22. The van der Waals surface area contributed by atoms with Crippen LogP contribution in [0.2, 0.25) is 0 Å². The maximum absolute atomic E-state index is 10.6. The minimum Gasteiger partial charge on any atom is -0.298 e. The fourth-order valence-electron chi connectivity index (χ4n) is 1.39. The number of aryl methyl sites for hydroxylation is 1. The van der Waals surface area contributed by atoms with Gasteiger partial charge in [0.1, 0.15) is 6.29 Å². The number of thiophene rings is 1. The number of thiol groups is 1. The van der Waals surface area contributed by atoms with E-state index >= 15 is 0 Å². The number of hydrogen-bond acceptors (Lipinski definition) is 3. The summed E-state index contributed by atoms with van der Waals surface area (Å²) >= 11 is 6.01. The van der Waals surface area contributed by atoms with E-state index in [1.807, 2.05) is 6.07 Å². The van der Waals surface area contributed by atoms with E-state index in [4.69, 9.17) is 0 Å². The number of rotatable bonds is 1. The second-order valence-electron chi connectivity index (χ2n) is 2.95. The summed E-state index contributed by atoms with van der Waals surface area (Å²) in [6.07, 6.45) is 0.855. The largest absolute Gasteiger partial charge is 0.298 e. The minimum absolute atomic E-state index is 0.694. The van der Waals surface area contributed by atoms with Crippen molar-refractivity contribution in [1.82, 2.24) is 0 Å². The van der Waals surface area contributed by atoms with Crippen LogP contribution in [0.5, 0.6) is 0 Å². The Labute approximate surface area is 85.8 Å². The van der Waals surface area contributed by atoms with Crippen LogP contribution in [0.15, 0.2) is 22.4 Å². The Bertz CT molecular complexity index is 471. The second-order valence-corrected chi connectivity index (χ2v) is 4.34. The Balaban J connectivity index is 2.86. The smallest absolute Gasteiger partial charge is 0.150 e. The summed E-state index contributed by atoms with van der Waals surface area (Å²) in [6, 6.07) is 3.71. The predicted molar refractivity (Wildman–Crippen MR) is 59.2 cm³/mol. The molecule has 0 amide bonds. The Morgan fingerprint density at radius 1 is 1.46 bits per heavy atom. The van der Waals surface area contributed by atoms with Crippen molar-refractivity contribution >= 4 is 40.3 Å². The molecule has 0 saturated heterocycles. The van der Waals surface area contributed by atoms with Crippen molar-refractivity contribution in [3.05, 3.63) is 28.6 Å². The number of aldehydes is 1. The highest BCUT2D eigenvalue weighted by molar-refractivity contribution is 7.80. The number of carbonyl (C=O) groups is 1. The fraction of sp³-hybridized carbons (Fsp3) is 0.100. The van der Waals surface area contributed by atoms with Crippen LogP contribution in [-0.4, -0.2) is 6.29 Å². The Morgan fingerprint density at radius 3 is 2.92 bits per heavy atom. The normalized spacial score (nSPS) is 10.6. The van der Waals surface area contributed by atoms with Crippen molar-refractivity contribution in [1.29, 1.82) is 0 Å². The van der Waals surface area contributed by atoms with Gasteiger partial charge in [-0.15, -0.1) is 24.0 Å². The topological polar surface area (TPSA) is 17.1 Å². The Morgan fingerprint density at radius 2 is 2.23 bits per heavy atom. The maximum atomic E-state index is 10.6. The molecule has 0 saturated carbocycles. The second kappa shape index (κ2) is 3.16. The third-order valence-corrected chi connectivity index (χ3v) is 3.40. The zero-order chi connectivity index (χ0) is 9.42. The van der Waals surface area contributed by atoms with Crippen LogP contribution in [0.25, 0.3) is 10.1 Å². The molecule has 0 fully saturated rings. The average Bonchev–Trinajstić information content (AvgIpc) is 2.48. The van der Waals surface area contributed by atoms with Crippen molar-refractivity contribution in [2.24, 2.45) is 0 Å². The molecule has 13 heavy (non-hydrogen) atoms. The monoisotopic (exact) mass is 208 g/mol. The first kappa shape index (κ1) is 8.78. The first-order valence-corrected chi connectivity index (χ1v) is 5.21. The summed E-state index contributed by atoms with van der Waals surface area (Å²) in [5, 5.41) is 3.25. The third-order valence-electron chi connectivity index (χ3n) is 2.00. The van der Waals surface area contributed by atoms with Gasteiger partial charge in [-0.2, -0.15) is 0 Å². The molecule has 0 N–H and O–H groups in total. The molecule has 0 radical (unpaired) electrons. The van der Waals surface area contributed by atoms with E-state index in [2.05, 4.69) is 24.9 Å². The zero-order valence-corrected chi connectivity index (χ0v) is 8.78. The van der Waals surface area contributed by atoms with Gasteiger partial charge in [0.2, 0.25) is 0 Å². The van der Waals surface area contributed by atoms with E-state index in [0.29, 0.717) is 5.56 Å². The maximum Gasteiger partial charge on any atom is 0.150 e. The summed E-state index contributed by atoms with van der Waals surface area (Å²) in [4.78, 5) is 11.5. The van der Waals surface area contributed by atoms with Gasteiger partial charge >= 0.3 is 0 Å². The van der Waals surface area contributed by atoms with Crippen LogP contribution in [0.1, 0.15) is 15.9 Å². The molecule has 3 heteroatoms. The van der Waals surface area contributed by atoms with Crippen molar-refractivity contribution in [2.75, 3.05) is 0 Å². The molecule has 0 atom stereocenters. The van der Waals surface area contributed by atoms with Crippen LogP contribution in [0.4, 0.5) is 0 Å². The molecule has 0 spiro atoms. The van der Waals surface area contributed by atoms with Crippen LogP contribution in [0, 0.1) is 6.92 Å². The molecular formula is C10H8OS2. The number of carbonyl (C=O) groups excluding carboxylic acids is 1. The lowest BCUT2D eigenvalue weighted by molar-refractivity contribution is 0.112. The third kappa shape index (κ3) is 1.38. The Hall–Kier alpha value is -0.800. The van der Waals surface area contributed by atoms with Crippen molar-refractivity contribution < 1.29 is 4.79 Å². The van der Waals surface area contributed by atoms with Gasteiger partial charge in [-0.25, -0.2) is 0 Å². The Kier molecular flexibility index (Phi) is 2.14. The van der Waals surface area contributed by atoms with Crippen molar-refractivity contribution in [3.63, 3.8) is 0 Å². The van der Waals surface area contributed by atoms with Gasteiger partial charge in [-0.05, 0) is 30.0 Å². The summed E-state index contributed by atoms with van der Waals surface area (Å²) in [6.45, 7) is 2.05. The lowest BCUT2D eigenvalue weighted by Gasteiger charge is -1.98. The molecule has 1 nitrogen and oxygen atoms in total. The van der Waals surface area contributed by atoms with E-state index in [0.717, 1.165) is 15.9 Å². The van der Waals surface area contributed by atoms with Crippen molar-refractivity contribution in [3.8, 4) is 0 Å². The van der Waals surface area contributed by atoms with Crippen LogP contribution >= 0.6 is 24.0 Å². The van der Waals surface area contributed by atoms with Crippen LogP contribution in [-0.2, 0) is 0 Å². The summed E-state index contributed by atoms with van der Waals surface area (Å²) in [5.41, 5.74) is 1.92. The molecule has 0 aliphatic carbocycles. The lowest BCUT2D eigenvalue weighted by atomic mass is 10.1. The van der Waals surface area contributed by atoms with E-state index in [9.17, 15) is 4.79 Å². The van der Waals surface area contributed by atoms with Crippen LogP contribution < -0.4 is 0 Å². The number of fused-ring (bicyclic) bond motifs is 1. The van der Waals surface area contributed by atoms with Gasteiger partial charge in [0.05, 0.1) is 0 Å². The molecule has 1 heterocycles. The van der Waals surface area contributed by atoms with E-state index in [1.165, 1.54) is 10.9 Å². The summed E-state index contributed by atoms with van der Waals surface area (Å²) < 4.78 is 1.13. The zero-order valence-electron chi connectivity index (χ0n) is 7.07.